The molecule has 8 nitrogen and oxygen atoms in total. The zero-order chi connectivity index (χ0) is 32.3. The Balaban J connectivity index is 2.06. The number of carbonyl (C=O) groups excluding carboxylic acids is 3. The van der Waals surface area contributed by atoms with Crippen LogP contribution in [0.5, 0.6) is 5.75 Å². The SMILES string of the molecule is CCCCCN(C(=O)C(Cc1ccc(O)cc1)NC(=O)OC(C)(C)C)C(C(=O)NCc1ccccc1)c1ccc(C)cc1C. The Hall–Kier alpha value is -4.33. The number of aromatic hydroxyl groups is 1. The molecule has 0 aromatic heterocycles. The average molecular weight is 602 g/mol. The summed E-state index contributed by atoms with van der Waals surface area (Å²) in [6.45, 7) is 11.9. The van der Waals surface area contributed by atoms with E-state index >= 15 is 0 Å². The molecule has 0 aliphatic heterocycles. The third kappa shape index (κ3) is 10.4. The number of nitrogens with one attached hydrogen (secondary N) is 2. The molecule has 3 aromatic carbocycles. The molecule has 0 radical (unpaired) electrons. The van der Waals surface area contributed by atoms with E-state index in [2.05, 4.69) is 17.6 Å². The number of benzene rings is 3. The quantitative estimate of drug-likeness (QED) is 0.193. The Morgan fingerprint density at radius 2 is 1.59 bits per heavy atom. The highest BCUT2D eigenvalue weighted by molar-refractivity contribution is 5.92. The minimum absolute atomic E-state index is 0.0999. The molecule has 236 valence electrons. The molecule has 0 heterocycles. The highest BCUT2D eigenvalue weighted by Crippen LogP contribution is 2.28. The maximum Gasteiger partial charge on any atom is 0.408 e. The molecule has 3 aromatic rings. The number of aryl methyl sites for hydroxylation is 2. The molecule has 0 saturated carbocycles. The number of carbonyl (C=O) groups is 3. The molecule has 0 spiro atoms. The van der Waals surface area contributed by atoms with E-state index in [9.17, 15) is 19.5 Å². The van der Waals surface area contributed by atoms with Crippen molar-refractivity contribution in [1.29, 1.82) is 0 Å². The van der Waals surface area contributed by atoms with Gasteiger partial charge in [0.15, 0.2) is 0 Å². The van der Waals surface area contributed by atoms with Gasteiger partial charge in [-0.05, 0) is 75.4 Å². The van der Waals surface area contributed by atoms with Gasteiger partial charge in [0.2, 0.25) is 11.8 Å². The van der Waals surface area contributed by atoms with Crippen LogP contribution < -0.4 is 10.6 Å². The Morgan fingerprint density at radius 1 is 0.909 bits per heavy atom. The molecule has 3 N–H and O–H groups in total. The number of hydrogen-bond acceptors (Lipinski definition) is 5. The molecule has 44 heavy (non-hydrogen) atoms. The molecule has 0 saturated heterocycles. The summed E-state index contributed by atoms with van der Waals surface area (Å²) in [5, 5.41) is 15.7. The monoisotopic (exact) mass is 601 g/mol. The highest BCUT2D eigenvalue weighted by atomic mass is 16.6. The van der Waals surface area contributed by atoms with Gasteiger partial charge in [-0.15, -0.1) is 0 Å². The number of amides is 3. The maximum absolute atomic E-state index is 14.6. The Bertz CT molecular complexity index is 1380. The summed E-state index contributed by atoms with van der Waals surface area (Å²) < 4.78 is 5.53. The van der Waals surface area contributed by atoms with E-state index in [0.29, 0.717) is 19.5 Å². The number of phenolic OH excluding ortho intramolecular Hbond substituents is 1. The molecule has 3 amide bonds. The van der Waals surface area contributed by atoms with Crippen LogP contribution in [0, 0.1) is 13.8 Å². The molecule has 2 unspecified atom stereocenters. The zero-order valence-corrected chi connectivity index (χ0v) is 26.9. The van der Waals surface area contributed by atoms with E-state index in [1.54, 1.807) is 49.9 Å². The fourth-order valence-electron chi connectivity index (χ4n) is 5.08. The highest BCUT2D eigenvalue weighted by Gasteiger charge is 2.36. The smallest absolute Gasteiger partial charge is 0.408 e. The summed E-state index contributed by atoms with van der Waals surface area (Å²) >= 11 is 0. The van der Waals surface area contributed by atoms with Gasteiger partial charge in [0.1, 0.15) is 23.4 Å². The largest absolute Gasteiger partial charge is 0.508 e. The van der Waals surface area contributed by atoms with Gasteiger partial charge in [-0.3, -0.25) is 9.59 Å². The fourth-order valence-corrected chi connectivity index (χ4v) is 5.08. The lowest BCUT2D eigenvalue weighted by Crippen LogP contribution is -2.54. The lowest BCUT2D eigenvalue weighted by atomic mass is 9.95. The van der Waals surface area contributed by atoms with Crippen molar-refractivity contribution < 1.29 is 24.2 Å². The van der Waals surface area contributed by atoms with Gasteiger partial charge in [0.05, 0.1) is 0 Å². The van der Waals surface area contributed by atoms with Gasteiger partial charge >= 0.3 is 6.09 Å². The molecule has 0 aliphatic carbocycles. The van der Waals surface area contributed by atoms with Crippen LogP contribution in [0.25, 0.3) is 0 Å². The van der Waals surface area contributed by atoms with Crippen molar-refractivity contribution in [2.75, 3.05) is 6.54 Å². The number of nitrogens with zero attached hydrogens (tertiary/aromatic N) is 1. The zero-order valence-electron chi connectivity index (χ0n) is 26.9. The predicted molar refractivity (Wildman–Crippen MR) is 173 cm³/mol. The second-order valence-electron chi connectivity index (χ2n) is 12.3. The molecule has 8 heteroatoms. The van der Waals surface area contributed by atoms with Crippen LogP contribution in [0.1, 0.15) is 80.8 Å². The van der Waals surface area contributed by atoms with E-state index in [-0.39, 0.29) is 24.0 Å². The Kier molecular flexibility index (Phi) is 12.4. The van der Waals surface area contributed by atoms with Gasteiger partial charge in [0.25, 0.3) is 0 Å². The first-order chi connectivity index (χ1) is 20.9. The van der Waals surface area contributed by atoms with E-state index < -0.39 is 23.8 Å². The normalized spacial score (nSPS) is 12.6. The summed E-state index contributed by atoms with van der Waals surface area (Å²) in [5.41, 5.74) is 3.59. The van der Waals surface area contributed by atoms with Gasteiger partial charge in [-0.25, -0.2) is 4.79 Å². The molecular formula is C36H47N3O5. The summed E-state index contributed by atoms with van der Waals surface area (Å²) in [6, 6.07) is 20.1. The first-order valence-corrected chi connectivity index (χ1v) is 15.3. The maximum atomic E-state index is 14.6. The topological polar surface area (TPSA) is 108 Å². The van der Waals surface area contributed by atoms with E-state index in [1.807, 2.05) is 62.4 Å². The number of phenols is 1. The van der Waals surface area contributed by atoms with Crippen LogP contribution in [0.2, 0.25) is 0 Å². The number of ether oxygens (including phenoxy) is 1. The second-order valence-corrected chi connectivity index (χ2v) is 12.3. The van der Waals surface area contributed by atoms with Gasteiger partial charge in [0, 0.05) is 19.5 Å². The standard InChI is InChI=1S/C36H47N3O5/c1-7-8-12-21-39(34(42)31(38-35(43)44-36(4,5)6)23-27-16-18-29(40)19-17-27)32(30-20-15-25(2)22-26(30)3)33(41)37-24-28-13-10-9-11-14-28/h9-11,13-20,22,31-32,40H,7-8,12,21,23-24H2,1-6H3,(H,37,41)(H,38,43). The van der Waals surface area contributed by atoms with Crippen molar-refractivity contribution in [1.82, 2.24) is 15.5 Å². The van der Waals surface area contributed by atoms with Crippen LogP contribution in [-0.2, 0) is 27.3 Å². The van der Waals surface area contributed by atoms with Crippen LogP contribution in [0.15, 0.2) is 72.8 Å². The first kappa shape index (κ1) is 34.2. The van der Waals surface area contributed by atoms with Gasteiger partial charge < -0.3 is 25.4 Å². The Labute approximate surface area is 261 Å². The summed E-state index contributed by atoms with van der Waals surface area (Å²) in [5.74, 6) is -0.589. The third-order valence-electron chi connectivity index (χ3n) is 7.24. The van der Waals surface area contributed by atoms with Crippen molar-refractivity contribution in [3.05, 3.63) is 101 Å². The van der Waals surface area contributed by atoms with Crippen LogP contribution in [-0.4, -0.2) is 46.1 Å². The average Bonchev–Trinajstić information content (AvgIpc) is 2.96. The molecule has 3 rings (SSSR count). The number of alkyl carbamates (subject to hydrolysis) is 1. The lowest BCUT2D eigenvalue weighted by Gasteiger charge is -2.35. The molecule has 2 atom stereocenters. The van der Waals surface area contributed by atoms with Crippen LogP contribution in [0.3, 0.4) is 0 Å². The van der Waals surface area contributed by atoms with E-state index in [1.165, 1.54) is 0 Å². The Morgan fingerprint density at radius 3 is 2.20 bits per heavy atom. The lowest BCUT2D eigenvalue weighted by molar-refractivity contribution is -0.142. The van der Waals surface area contributed by atoms with Crippen LogP contribution in [0.4, 0.5) is 4.79 Å². The van der Waals surface area contributed by atoms with Gasteiger partial charge in [-0.1, -0.05) is 86.0 Å². The van der Waals surface area contributed by atoms with E-state index in [4.69, 9.17) is 4.74 Å². The molecule has 0 bridgehead atoms. The summed E-state index contributed by atoms with van der Waals surface area (Å²) in [7, 11) is 0. The number of hydrogen-bond donors (Lipinski definition) is 3. The van der Waals surface area contributed by atoms with Crippen molar-refractivity contribution in [3.63, 3.8) is 0 Å². The van der Waals surface area contributed by atoms with Crippen molar-refractivity contribution in [2.45, 2.75) is 91.5 Å². The third-order valence-corrected chi connectivity index (χ3v) is 7.24. The van der Waals surface area contributed by atoms with E-state index in [0.717, 1.165) is 40.7 Å². The van der Waals surface area contributed by atoms with Crippen molar-refractivity contribution >= 4 is 17.9 Å². The molecular weight excluding hydrogens is 554 g/mol. The van der Waals surface area contributed by atoms with Crippen molar-refractivity contribution in [3.8, 4) is 5.75 Å². The predicted octanol–water partition coefficient (Wildman–Crippen LogP) is 6.52. The second kappa shape index (κ2) is 15.9. The summed E-state index contributed by atoms with van der Waals surface area (Å²) in [4.78, 5) is 43.3. The van der Waals surface area contributed by atoms with Crippen LogP contribution >= 0.6 is 0 Å². The van der Waals surface area contributed by atoms with Crippen molar-refractivity contribution in [2.24, 2.45) is 0 Å². The van der Waals surface area contributed by atoms with Gasteiger partial charge in [-0.2, -0.15) is 0 Å². The number of unbranched alkanes of at least 4 members (excludes halogenated alkanes) is 2. The fraction of sp³-hybridized carbons (Fsp3) is 0.417. The number of rotatable bonds is 13. The minimum atomic E-state index is -1.02. The molecule has 0 fully saturated rings. The molecule has 0 aliphatic rings. The first-order valence-electron chi connectivity index (χ1n) is 15.3. The minimum Gasteiger partial charge on any atom is -0.508 e. The summed E-state index contributed by atoms with van der Waals surface area (Å²) in [6.07, 6.45) is 1.92.